The van der Waals surface area contributed by atoms with Crippen LogP contribution >= 0.6 is 0 Å². The summed E-state index contributed by atoms with van der Waals surface area (Å²) in [7, 11) is 0. The van der Waals surface area contributed by atoms with Crippen molar-refractivity contribution in [1.82, 2.24) is 0 Å². The zero-order valence-electron chi connectivity index (χ0n) is 9.45. The van der Waals surface area contributed by atoms with E-state index in [-0.39, 0.29) is 0 Å². The quantitative estimate of drug-likeness (QED) is 0.847. The highest BCUT2D eigenvalue weighted by Crippen LogP contribution is 2.33. The van der Waals surface area contributed by atoms with Gasteiger partial charge in [0.1, 0.15) is 6.61 Å². The molecule has 18 heavy (non-hydrogen) atoms. The standard InChI is InChI=1S/C12H13F4NO/c13-11(14)12(15,16)6-18-9-5-7-3-1-2-4-8(7)10(9)17/h1-4,9-11H,5-6,17H2. The number of rotatable bonds is 4. The van der Waals surface area contributed by atoms with E-state index in [4.69, 9.17) is 10.5 Å². The van der Waals surface area contributed by atoms with Crippen molar-refractivity contribution in [3.63, 3.8) is 0 Å². The van der Waals surface area contributed by atoms with Crippen molar-refractivity contribution in [2.75, 3.05) is 6.61 Å². The molecule has 2 unspecified atom stereocenters. The van der Waals surface area contributed by atoms with Gasteiger partial charge in [0.2, 0.25) is 0 Å². The third-order valence-corrected chi connectivity index (χ3v) is 3.04. The third-order valence-electron chi connectivity index (χ3n) is 3.04. The van der Waals surface area contributed by atoms with Crippen molar-refractivity contribution in [3.05, 3.63) is 35.4 Å². The molecule has 1 aromatic rings. The van der Waals surface area contributed by atoms with Crippen LogP contribution in [0.15, 0.2) is 24.3 Å². The fourth-order valence-electron chi connectivity index (χ4n) is 2.03. The topological polar surface area (TPSA) is 35.2 Å². The molecule has 0 saturated heterocycles. The average Bonchev–Trinajstić information content (AvgIpc) is 2.64. The van der Waals surface area contributed by atoms with Crippen LogP contribution in [0, 0.1) is 0 Å². The molecule has 2 nitrogen and oxygen atoms in total. The largest absolute Gasteiger partial charge is 0.369 e. The van der Waals surface area contributed by atoms with Crippen LogP contribution < -0.4 is 5.73 Å². The van der Waals surface area contributed by atoms with E-state index in [9.17, 15) is 17.6 Å². The van der Waals surface area contributed by atoms with Crippen molar-refractivity contribution >= 4 is 0 Å². The number of alkyl halides is 4. The molecule has 0 saturated carbocycles. The highest BCUT2D eigenvalue weighted by molar-refractivity contribution is 5.36. The summed E-state index contributed by atoms with van der Waals surface area (Å²) in [5.41, 5.74) is 7.57. The zero-order valence-corrected chi connectivity index (χ0v) is 9.45. The maximum Gasteiger partial charge on any atom is 0.330 e. The second-order valence-corrected chi connectivity index (χ2v) is 4.34. The summed E-state index contributed by atoms with van der Waals surface area (Å²) in [6.45, 7) is -1.31. The highest BCUT2D eigenvalue weighted by Gasteiger charge is 2.43. The van der Waals surface area contributed by atoms with E-state index in [1.165, 1.54) is 0 Å². The Bertz CT molecular complexity index is 424. The van der Waals surface area contributed by atoms with Gasteiger partial charge in [-0.05, 0) is 11.1 Å². The minimum atomic E-state index is -4.13. The molecule has 0 aliphatic heterocycles. The SMILES string of the molecule is NC1c2ccccc2CC1OCC(F)(F)C(F)F. The Morgan fingerprint density at radius 1 is 1.33 bits per heavy atom. The first-order valence-corrected chi connectivity index (χ1v) is 5.53. The van der Waals surface area contributed by atoms with E-state index in [0.29, 0.717) is 6.42 Å². The summed E-state index contributed by atoms with van der Waals surface area (Å²) in [5.74, 6) is -4.13. The molecule has 2 atom stereocenters. The number of hydrogen-bond donors (Lipinski definition) is 1. The Kier molecular flexibility index (Phi) is 3.59. The normalized spacial score (nSPS) is 23.4. The summed E-state index contributed by atoms with van der Waals surface area (Å²) in [6, 6.07) is 6.66. The van der Waals surface area contributed by atoms with E-state index >= 15 is 0 Å². The number of fused-ring (bicyclic) bond motifs is 1. The molecular weight excluding hydrogens is 250 g/mol. The first-order valence-electron chi connectivity index (χ1n) is 5.53. The molecule has 1 aliphatic carbocycles. The van der Waals surface area contributed by atoms with Gasteiger partial charge < -0.3 is 10.5 Å². The van der Waals surface area contributed by atoms with Gasteiger partial charge in [0.25, 0.3) is 0 Å². The molecule has 2 rings (SSSR count). The van der Waals surface area contributed by atoms with Gasteiger partial charge in [0, 0.05) is 6.42 Å². The Morgan fingerprint density at radius 3 is 2.61 bits per heavy atom. The molecular formula is C12H13F4NO. The smallest absolute Gasteiger partial charge is 0.330 e. The lowest BCUT2D eigenvalue weighted by molar-refractivity contribution is -0.177. The Labute approximate surface area is 102 Å². The molecule has 1 aromatic carbocycles. The molecule has 0 fully saturated rings. The van der Waals surface area contributed by atoms with E-state index in [2.05, 4.69) is 0 Å². The zero-order chi connectivity index (χ0) is 13.3. The molecule has 0 aromatic heterocycles. The number of benzene rings is 1. The summed E-state index contributed by atoms with van der Waals surface area (Å²) in [4.78, 5) is 0. The molecule has 0 radical (unpaired) electrons. The monoisotopic (exact) mass is 263 g/mol. The van der Waals surface area contributed by atoms with Crippen molar-refractivity contribution < 1.29 is 22.3 Å². The number of hydrogen-bond acceptors (Lipinski definition) is 2. The molecule has 100 valence electrons. The van der Waals surface area contributed by atoms with E-state index in [1.54, 1.807) is 12.1 Å². The molecule has 0 amide bonds. The van der Waals surface area contributed by atoms with Crippen LogP contribution in [-0.2, 0) is 11.2 Å². The van der Waals surface area contributed by atoms with Crippen LogP contribution in [0.3, 0.4) is 0 Å². The van der Waals surface area contributed by atoms with Gasteiger partial charge in [-0.25, -0.2) is 8.78 Å². The molecule has 2 N–H and O–H groups in total. The predicted octanol–water partition coefficient (Wildman–Crippen LogP) is 2.53. The lowest BCUT2D eigenvalue weighted by Crippen LogP contribution is -2.36. The minimum Gasteiger partial charge on any atom is -0.369 e. The van der Waals surface area contributed by atoms with Gasteiger partial charge >= 0.3 is 12.3 Å². The van der Waals surface area contributed by atoms with Gasteiger partial charge in [-0.1, -0.05) is 24.3 Å². The molecule has 0 heterocycles. The fourth-order valence-corrected chi connectivity index (χ4v) is 2.03. The Balaban J connectivity index is 1.98. The first kappa shape index (κ1) is 13.3. The number of ether oxygens (including phenoxy) is 1. The Morgan fingerprint density at radius 2 is 2.00 bits per heavy atom. The highest BCUT2D eigenvalue weighted by atomic mass is 19.3. The molecule has 0 spiro atoms. The summed E-state index contributed by atoms with van der Waals surface area (Å²) in [5, 5.41) is 0. The number of nitrogens with two attached hydrogens (primary N) is 1. The maximum absolute atomic E-state index is 12.7. The van der Waals surface area contributed by atoms with Crippen molar-refractivity contribution in [2.24, 2.45) is 5.73 Å². The van der Waals surface area contributed by atoms with E-state index in [1.807, 2.05) is 12.1 Å². The number of halogens is 4. The van der Waals surface area contributed by atoms with Gasteiger partial charge in [0.05, 0.1) is 12.1 Å². The first-order chi connectivity index (χ1) is 8.42. The second-order valence-electron chi connectivity index (χ2n) is 4.34. The van der Waals surface area contributed by atoms with Crippen molar-refractivity contribution in [2.45, 2.75) is 30.9 Å². The fraction of sp³-hybridized carbons (Fsp3) is 0.500. The van der Waals surface area contributed by atoms with E-state index in [0.717, 1.165) is 11.1 Å². The van der Waals surface area contributed by atoms with Crippen molar-refractivity contribution in [3.8, 4) is 0 Å². The average molecular weight is 263 g/mol. The lowest BCUT2D eigenvalue weighted by atomic mass is 10.1. The summed E-state index contributed by atoms with van der Waals surface area (Å²) < 4.78 is 54.3. The van der Waals surface area contributed by atoms with Crippen LogP contribution in [-0.4, -0.2) is 25.1 Å². The summed E-state index contributed by atoms with van der Waals surface area (Å²) in [6.07, 6.45) is -4.03. The second kappa shape index (κ2) is 4.85. The van der Waals surface area contributed by atoms with Crippen LogP contribution in [0.2, 0.25) is 0 Å². The van der Waals surface area contributed by atoms with Crippen LogP contribution in [0.25, 0.3) is 0 Å². The molecule has 6 heteroatoms. The third kappa shape index (κ3) is 2.49. The molecule has 1 aliphatic rings. The van der Waals surface area contributed by atoms with Crippen LogP contribution in [0.4, 0.5) is 17.6 Å². The van der Waals surface area contributed by atoms with Crippen LogP contribution in [0.5, 0.6) is 0 Å². The Hall–Kier alpha value is -1.14. The van der Waals surface area contributed by atoms with Crippen molar-refractivity contribution in [1.29, 1.82) is 0 Å². The molecule has 0 bridgehead atoms. The van der Waals surface area contributed by atoms with Gasteiger partial charge in [0.15, 0.2) is 0 Å². The lowest BCUT2D eigenvalue weighted by Gasteiger charge is -2.21. The van der Waals surface area contributed by atoms with Gasteiger partial charge in [-0.15, -0.1) is 0 Å². The van der Waals surface area contributed by atoms with E-state index < -0.39 is 31.1 Å². The van der Waals surface area contributed by atoms with Gasteiger partial charge in [-0.3, -0.25) is 0 Å². The van der Waals surface area contributed by atoms with Crippen LogP contribution in [0.1, 0.15) is 17.2 Å². The summed E-state index contributed by atoms with van der Waals surface area (Å²) >= 11 is 0. The maximum atomic E-state index is 12.7. The van der Waals surface area contributed by atoms with Gasteiger partial charge in [-0.2, -0.15) is 8.78 Å². The minimum absolute atomic E-state index is 0.372. The predicted molar refractivity (Wildman–Crippen MR) is 57.8 cm³/mol.